The number of hydrogen-bond donors (Lipinski definition) is 1. The van der Waals surface area contributed by atoms with Gasteiger partial charge in [-0.25, -0.2) is 13.2 Å². The molecule has 2 aliphatic heterocycles. The van der Waals surface area contributed by atoms with E-state index in [0.29, 0.717) is 37.6 Å². The zero-order valence-electron chi connectivity index (χ0n) is 15.5. The van der Waals surface area contributed by atoms with Gasteiger partial charge >= 0.3 is 5.97 Å². The Balaban J connectivity index is 1.44. The molecular weight excluding hydrogens is 396 g/mol. The van der Waals surface area contributed by atoms with Crippen LogP contribution in [0.4, 0.5) is 5.69 Å². The van der Waals surface area contributed by atoms with Crippen LogP contribution in [-0.2, 0) is 30.7 Å². The van der Waals surface area contributed by atoms with Crippen molar-refractivity contribution >= 4 is 27.6 Å². The normalized spacial score (nSPS) is 19.9. The van der Waals surface area contributed by atoms with Gasteiger partial charge in [-0.05, 0) is 35.9 Å². The number of hydrogen-bond acceptors (Lipinski definition) is 6. The van der Waals surface area contributed by atoms with Gasteiger partial charge in [0.2, 0.25) is 10.0 Å². The van der Waals surface area contributed by atoms with Crippen molar-refractivity contribution in [3.05, 3.63) is 59.7 Å². The van der Waals surface area contributed by atoms with Crippen LogP contribution in [0.25, 0.3) is 0 Å². The third kappa shape index (κ3) is 4.02. The van der Waals surface area contributed by atoms with Crippen molar-refractivity contribution in [2.45, 2.75) is 17.4 Å². The van der Waals surface area contributed by atoms with Gasteiger partial charge in [0.1, 0.15) is 0 Å². The molecule has 1 fully saturated rings. The van der Waals surface area contributed by atoms with Gasteiger partial charge in [0.25, 0.3) is 5.91 Å². The molecule has 2 aliphatic rings. The van der Waals surface area contributed by atoms with E-state index in [1.807, 2.05) is 0 Å². The van der Waals surface area contributed by atoms with Crippen molar-refractivity contribution in [2.24, 2.45) is 0 Å². The highest BCUT2D eigenvalue weighted by Crippen LogP contribution is 2.23. The molecule has 1 saturated heterocycles. The number of cyclic esters (lactones) is 1. The Hall–Kier alpha value is -2.75. The van der Waals surface area contributed by atoms with Gasteiger partial charge in [0.15, 0.2) is 6.10 Å². The van der Waals surface area contributed by atoms with Crippen molar-refractivity contribution in [3.8, 4) is 0 Å². The number of nitrogens with one attached hydrogen (secondary N) is 1. The minimum absolute atomic E-state index is 0.149. The van der Waals surface area contributed by atoms with Crippen molar-refractivity contribution in [1.82, 2.24) is 4.31 Å². The molecule has 0 aliphatic carbocycles. The molecule has 8 nitrogen and oxygen atoms in total. The highest BCUT2D eigenvalue weighted by atomic mass is 32.2. The predicted octanol–water partition coefficient (Wildman–Crippen LogP) is 1.43. The van der Waals surface area contributed by atoms with Gasteiger partial charge in [-0.15, -0.1) is 0 Å². The fraction of sp³-hybridized carbons (Fsp3) is 0.300. The van der Waals surface area contributed by atoms with E-state index in [-0.39, 0.29) is 11.3 Å². The summed E-state index contributed by atoms with van der Waals surface area (Å²) in [5, 5.41) is 2.68. The van der Waals surface area contributed by atoms with Gasteiger partial charge in [-0.2, -0.15) is 4.31 Å². The number of morpholine rings is 1. The van der Waals surface area contributed by atoms with Crippen molar-refractivity contribution in [2.75, 3.05) is 31.6 Å². The molecule has 0 unspecified atom stereocenters. The molecule has 0 spiro atoms. The predicted molar refractivity (Wildman–Crippen MR) is 104 cm³/mol. The van der Waals surface area contributed by atoms with E-state index in [9.17, 15) is 18.0 Å². The number of carbonyl (C=O) groups is 2. The number of fused-ring (bicyclic) bond motifs is 1. The van der Waals surface area contributed by atoms with Crippen molar-refractivity contribution < 1.29 is 27.5 Å². The maximum Gasteiger partial charge on any atom is 0.339 e. The second-order valence-electron chi connectivity index (χ2n) is 6.79. The molecule has 29 heavy (non-hydrogen) atoms. The summed E-state index contributed by atoms with van der Waals surface area (Å²) in [6.45, 7) is 1.37. The maximum atomic E-state index is 12.6. The quantitative estimate of drug-likeness (QED) is 0.757. The molecule has 1 atom stereocenters. The van der Waals surface area contributed by atoms with Crippen LogP contribution >= 0.6 is 0 Å². The molecule has 9 heteroatoms. The molecule has 0 radical (unpaired) electrons. The van der Waals surface area contributed by atoms with Crippen LogP contribution in [0.5, 0.6) is 0 Å². The van der Waals surface area contributed by atoms with Gasteiger partial charge in [0, 0.05) is 25.2 Å². The lowest BCUT2D eigenvalue weighted by Crippen LogP contribution is -2.40. The average Bonchev–Trinajstić information content (AvgIpc) is 2.75. The van der Waals surface area contributed by atoms with E-state index in [1.54, 1.807) is 24.3 Å². The number of amides is 1. The van der Waals surface area contributed by atoms with E-state index in [4.69, 9.17) is 9.47 Å². The Kier molecular flexibility index (Phi) is 5.35. The largest absolute Gasteiger partial charge is 0.448 e. The first-order valence-corrected chi connectivity index (χ1v) is 10.7. The second-order valence-corrected chi connectivity index (χ2v) is 8.72. The summed E-state index contributed by atoms with van der Waals surface area (Å²) >= 11 is 0. The summed E-state index contributed by atoms with van der Waals surface area (Å²) in [4.78, 5) is 24.7. The van der Waals surface area contributed by atoms with Crippen LogP contribution < -0.4 is 5.32 Å². The Bertz CT molecular complexity index is 1030. The highest BCUT2D eigenvalue weighted by molar-refractivity contribution is 7.89. The average molecular weight is 416 g/mol. The lowest BCUT2D eigenvalue weighted by atomic mass is 9.98. The summed E-state index contributed by atoms with van der Waals surface area (Å²) in [6, 6.07) is 12.9. The molecule has 4 rings (SSSR count). The van der Waals surface area contributed by atoms with Crippen LogP contribution in [0.1, 0.15) is 15.9 Å². The monoisotopic (exact) mass is 416 g/mol. The van der Waals surface area contributed by atoms with Crippen molar-refractivity contribution in [3.63, 3.8) is 0 Å². The third-order valence-electron chi connectivity index (χ3n) is 4.91. The highest BCUT2D eigenvalue weighted by Gasteiger charge is 2.31. The summed E-state index contributed by atoms with van der Waals surface area (Å²) in [5.41, 5.74) is 1.65. The van der Waals surface area contributed by atoms with Gasteiger partial charge in [-0.3, -0.25) is 4.79 Å². The molecule has 2 aromatic carbocycles. The second kappa shape index (κ2) is 7.94. The summed E-state index contributed by atoms with van der Waals surface area (Å²) in [7, 11) is -3.60. The standard InChI is InChI=1S/C20H20N2O6S/c23-19(18-13-14-3-1-2-4-17(14)20(24)28-18)21-15-5-7-16(8-6-15)29(25,26)22-9-11-27-12-10-22/h1-8,18H,9-13H2,(H,21,23)/t18-/m1/s1. The number of esters is 1. The van der Waals surface area contributed by atoms with Gasteiger partial charge in [-0.1, -0.05) is 18.2 Å². The number of sulfonamides is 1. The molecule has 0 saturated carbocycles. The lowest BCUT2D eigenvalue weighted by molar-refractivity contribution is -0.125. The summed E-state index contributed by atoms with van der Waals surface area (Å²) < 4.78 is 37.1. The van der Waals surface area contributed by atoms with E-state index in [2.05, 4.69) is 5.32 Å². The van der Waals surface area contributed by atoms with E-state index in [0.717, 1.165) is 5.56 Å². The Morgan fingerprint density at radius 3 is 2.45 bits per heavy atom. The first-order valence-electron chi connectivity index (χ1n) is 9.23. The summed E-state index contributed by atoms with van der Waals surface area (Å²) in [6.07, 6.45) is -0.647. The maximum absolute atomic E-state index is 12.6. The number of benzene rings is 2. The minimum atomic E-state index is -3.60. The molecule has 2 heterocycles. The first-order chi connectivity index (χ1) is 13.9. The smallest absolute Gasteiger partial charge is 0.339 e. The zero-order chi connectivity index (χ0) is 20.4. The van der Waals surface area contributed by atoms with E-state index >= 15 is 0 Å². The van der Waals surface area contributed by atoms with Crippen LogP contribution in [0.15, 0.2) is 53.4 Å². The van der Waals surface area contributed by atoms with Gasteiger partial charge < -0.3 is 14.8 Å². The minimum Gasteiger partial charge on any atom is -0.448 e. The number of ether oxygens (including phenoxy) is 2. The third-order valence-corrected chi connectivity index (χ3v) is 6.83. The molecule has 0 bridgehead atoms. The first kappa shape index (κ1) is 19.6. The Morgan fingerprint density at radius 2 is 1.72 bits per heavy atom. The fourth-order valence-corrected chi connectivity index (χ4v) is 4.75. The Morgan fingerprint density at radius 1 is 1.03 bits per heavy atom. The Labute approximate surface area is 168 Å². The molecule has 152 valence electrons. The van der Waals surface area contributed by atoms with Crippen LogP contribution in [0, 0.1) is 0 Å². The lowest BCUT2D eigenvalue weighted by Gasteiger charge is -2.26. The van der Waals surface area contributed by atoms with E-state index < -0.39 is 28.0 Å². The number of carbonyl (C=O) groups excluding carboxylic acids is 2. The van der Waals surface area contributed by atoms with Gasteiger partial charge in [0.05, 0.1) is 23.7 Å². The molecule has 1 amide bonds. The van der Waals surface area contributed by atoms with Crippen LogP contribution in [0.3, 0.4) is 0 Å². The van der Waals surface area contributed by atoms with Crippen LogP contribution in [0.2, 0.25) is 0 Å². The number of anilines is 1. The SMILES string of the molecule is O=C1O[C@@H](C(=O)Nc2ccc(S(=O)(=O)N3CCOCC3)cc2)Cc2ccccc21. The molecule has 0 aromatic heterocycles. The van der Waals surface area contributed by atoms with E-state index in [1.165, 1.54) is 28.6 Å². The number of nitrogens with zero attached hydrogens (tertiary/aromatic N) is 1. The summed E-state index contributed by atoms with van der Waals surface area (Å²) in [5.74, 6) is -0.990. The topological polar surface area (TPSA) is 102 Å². The fourth-order valence-electron chi connectivity index (χ4n) is 3.35. The molecule has 2 aromatic rings. The van der Waals surface area contributed by atoms with Crippen molar-refractivity contribution in [1.29, 1.82) is 0 Å². The number of rotatable bonds is 4. The molecular formula is C20H20N2O6S. The zero-order valence-corrected chi connectivity index (χ0v) is 16.4. The molecule has 1 N–H and O–H groups in total. The van der Waals surface area contributed by atoms with Crippen LogP contribution in [-0.4, -0.2) is 57.0 Å².